The highest BCUT2D eigenvalue weighted by Crippen LogP contribution is 2.23. The molecule has 0 saturated heterocycles. The van der Waals surface area contributed by atoms with E-state index in [1.54, 1.807) is 0 Å². The Morgan fingerprint density at radius 3 is 2.06 bits per heavy atom. The van der Waals surface area contributed by atoms with E-state index in [-0.39, 0.29) is 0 Å². The maximum Gasteiger partial charge on any atom is 0.159 e. The Morgan fingerprint density at radius 1 is 0.794 bits per heavy atom. The average molecular weight is 457 g/mol. The molecular formula is C31H40N2O. The van der Waals surface area contributed by atoms with Crippen molar-refractivity contribution < 1.29 is 4.74 Å². The van der Waals surface area contributed by atoms with Crippen LogP contribution in [-0.4, -0.2) is 16.6 Å². The van der Waals surface area contributed by atoms with Gasteiger partial charge in [0, 0.05) is 23.5 Å². The van der Waals surface area contributed by atoms with Crippen LogP contribution < -0.4 is 4.74 Å². The summed E-state index contributed by atoms with van der Waals surface area (Å²) in [4.78, 5) is 9.21. The first-order valence-electron chi connectivity index (χ1n) is 12.9. The highest BCUT2D eigenvalue weighted by Gasteiger charge is 2.06. The first-order valence-corrected chi connectivity index (χ1v) is 12.9. The van der Waals surface area contributed by atoms with Crippen molar-refractivity contribution in [2.75, 3.05) is 6.61 Å². The molecule has 1 heterocycles. The number of aromatic nitrogens is 2. The molecule has 0 N–H and O–H groups in total. The Kier molecular flexibility index (Phi) is 10.8. The van der Waals surface area contributed by atoms with Crippen LogP contribution in [0, 0.1) is 5.92 Å². The molecule has 0 amide bonds. The Morgan fingerprint density at radius 2 is 1.41 bits per heavy atom. The lowest BCUT2D eigenvalue weighted by molar-refractivity contribution is 0.304. The van der Waals surface area contributed by atoms with Crippen molar-refractivity contribution in [3.63, 3.8) is 0 Å². The summed E-state index contributed by atoms with van der Waals surface area (Å²) in [5, 5.41) is 0. The van der Waals surface area contributed by atoms with Crippen molar-refractivity contribution in [1.29, 1.82) is 0 Å². The predicted molar refractivity (Wildman–Crippen MR) is 144 cm³/mol. The SMILES string of the molecule is C=CCCCCCCCCOc1ccc(-c2ncc(-c3ccc(C[C@@H](C)CC)cc3)cn2)cc1. The molecule has 0 radical (unpaired) electrons. The van der Waals surface area contributed by atoms with E-state index < -0.39 is 0 Å². The van der Waals surface area contributed by atoms with E-state index in [4.69, 9.17) is 4.74 Å². The fourth-order valence-corrected chi connectivity index (χ4v) is 3.99. The Bertz CT molecular complexity index is 962. The van der Waals surface area contributed by atoms with Crippen LogP contribution in [0.1, 0.15) is 70.8 Å². The van der Waals surface area contributed by atoms with E-state index in [0.717, 1.165) is 54.1 Å². The van der Waals surface area contributed by atoms with E-state index in [0.29, 0.717) is 5.92 Å². The maximum atomic E-state index is 5.91. The molecule has 0 aliphatic rings. The van der Waals surface area contributed by atoms with Gasteiger partial charge in [0.2, 0.25) is 0 Å². The highest BCUT2D eigenvalue weighted by molar-refractivity contribution is 5.64. The second-order valence-corrected chi connectivity index (χ2v) is 9.28. The van der Waals surface area contributed by atoms with Crippen LogP contribution in [0.3, 0.4) is 0 Å². The Balaban J connectivity index is 1.44. The first-order chi connectivity index (χ1) is 16.7. The van der Waals surface area contributed by atoms with E-state index in [2.05, 4.69) is 54.7 Å². The summed E-state index contributed by atoms with van der Waals surface area (Å²) in [6, 6.07) is 16.9. The Labute approximate surface area is 206 Å². The number of nitrogens with zero attached hydrogens (tertiary/aromatic N) is 2. The molecule has 0 saturated carbocycles. The minimum absolute atomic E-state index is 0.715. The molecule has 180 valence electrons. The lowest BCUT2D eigenvalue weighted by atomic mass is 9.97. The third kappa shape index (κ3) is 8.44. The molecular weight excluding hydrogens is 416 g/mol. The van der Waals surface area contributed by atoms with E-state index in [1.165, 1.54) is 44.1 Å². The topological polar surface area (TPSA) is 35.0 Å². The van der Waals surface area contributed by atoms with Gasteiger partial charge in [-0.3, -0.25) is 0 Å². The largest absolute Gasteiger partial charge is 0.494 e. The van der Waals surface area contributed by atoms with E-state index >= 15 is 0 Å². The van der Waals surface area contributed by atoms with Crippen LogP contribution in [0.4, 0.5) is 0 Å². The summed E-state index contributed by atoms with van der Waals surface area (Å²) in [7, 11) is 0. The molecule has 3 nitrogen and oxygen atoms in total. The number of unbranched alkanes of at least 4 members (excludes halogenated alkanes) is 6. The number of hydrogen-bond donors (Lipinski definition) is 0. The van der Waals surface area contributed by atoms with E-state index in [1.807, 2.05) is 42.7 Å². The molecule has 3 heteroatoms. The zero-order chi connectivity index (χ0) is 24.0. The third-order valence-corrected chi connectivity index (χ3v) is 6.40. The maximum absolute atomic E-state index is 5.91. The number of rotatable bonds is 15. The van der Waals surface area contributed by atoms with Crippen LogP contribution in [0.2, 0.25) is 0 Å². The van der Waals surface area contributed by atoms with Gasteiger partial charge in [-0.15, -0.1) is 6.58 Å². The molecule has 0 bridgehead atoms. The van der Waals surface area contributed by atoms with Crippen LogP contribution in [-0.2, 0) is 6.42 Å². The van der Waals surface area contributed by atoms with Crippen LogP contribution in [0.5, 0.6) is 5.75 Å². The van der Waals surface area contributed by atoms with Crippen LogP contribution in [0.15, 0.2) is 73.6 Å². The molecule has 0 aliphatic carbocycles. The van der Waals surface area contributed by atoms with Gasteiger partial charge in [-0.25, -0.2) is 9.97 Å². The summed E-state index contributed by atoms with van der Waals surface area (Å²) >= 11 is 0. The molecule has 0 spiro atoms. The monoisotopic (exact) mass is 456 g/mol. The van der Waals surface area contributed by atoms with Crippen molar-refractivity contribution in [3.8, 4) is 28.3 Å². The van der Waals surface area contributed by atoms with Gasteiger partial charge in [0.05, 0.1) is 6.61 Å². The quantitative estimate of drug-likeness (QED) is 0.169. The van der Waals surface area contributed by atoms with Crippen molar-refractivity contribution in [2.24, 2.45) is 5.92 Å². The van der Waals surface area contributed by atoms with Crippen molar-refractivity contribution >= 4 is 0 Å². The van der Waals surface area contributed by atoms with E-state index in [9.17, 15) is 0 Å². The highest BCUT2D eigenvalue weighted by atomic mass is 16.5. The minimum atomic E-state index is 0.715. The molecule has 2 aromatic carbocycles. The van der Waals surface area contributed by atoms with Crippen LogP contribution in [0.25, 0.3) is 22.5 Å². The van der Waals surface area contributed by atoms with Gasteiger partial charge in [0.1, 0.15) is 5.75 Å². The minimum Gasteiger partial charge on any atom is -0.494 e. The molecule has 3 aromatic rings. The second kappa shape index (κ2) is 14.3. The van der Waals surface area contributed by atoms with Gasteiger partial charge < -0.3 is 4.74 Å². The van der Waals surface area contributed by atoms with Gasteiger partial charge in [0.25, 0.3) is 0 Å². The van der Waals surface area contributed by atoms with Crippen molar-refractivity contribution in [3.05, 3.63) is 79.1 Å². The van der Waals surface area contributed by atoms with Crippen molar-refractivity contribution in [2.45, 2.75) is 71.6 Å². The van der Waals surface area contributed by atoms with Gasteiger partial charge in [-0.2, -0.15) is 0 Å². The number of benzene rings is 2. The molecule has 1 atom stereocenters. The number of hydrogen-bond acceptors (Lipinski definition) is 3. The van der Waals surface area contributed by atoms with Crippen LogP contribution >= 0.6 is 0 Å². The zero-order valence-electron chi connectivity index (χ0n) is 21.0. The lowest BCUT2D eigenvalue weighted by Gasteiger charge is -2.09. The fraction of sp³-hybridized carbons (Fsp3) is 0.419. The fourth-order valence-electron chi connectivity index (χ4n) is 3.99. The summed E-state index contributed by atoms with van der Waals surface area (Å²) in [6.07, 6.45) is 16.8. The smallest absolute Gasteiger partial charge is 0.159 e. The molecule has 0 aliphatic heterocycles. The molecule has 34 heavy (non-hydrogen) atoms. The second-order valence-electron chi connectivity index (χ2n) is 9.28. The van der Waals surface area contributed by atoms with Gasteiger partial charge >= 0.3 is 0 Å². The Hall–Kier alpha value is -2.94. The number of ether oxygens (including phenoxy) is 1. The molecule has 1 aromatic heterocycles. The van der Waals surface area contributed by atoms with Gasteiger partial charge in [0.15, 0.2) is 5.82 Å². The van der Waals surface area contributed by atoms with Crippen molar-refractivity contribution in [1.82, 2.24) is 9.97 Å². The summed E-state index contributed by atoms with van der Waals surface area (Å²) < 4.78 is 5.91. The lowest BCUT2D eigenvalue weighted by Crippen LogP contribution is -1.98. The average Bonchev–Trinajstić information content (AvgIpc) is 2.88. The molecule has 0 unspecified atom stereocenters. The first kappa shape index (κ1) is 25.7. The summed E-state index contributed by atoms with van der Waals surface area (Å²) in [5.74, 6) is 2.36. The summed E-state index contributed by atoms with van der Waals surface area (Å²) in [6.45, 7) is 9.09. The molecule has 3 rings (SSSR count). The third-order valence-electron chi connectivity index (χ3n) is 6.40. The number of allylic oxidation sites excluding steroid dienone is 1. The summed E-state index contributed by atoms with van der Waals surface area (Å²) in [5.41, 5.74) is 4.58. The standard InChI is InChI=1S/C31H40N2O/c1-4-6-7-8-9-10-11-12-21-34-30-19-17-28(18-20-30)31-32-23-29(24-33-31)27-15-13-26(14-16-27)22-25(3)5-2/h4,13-20,23-25H,1,5-12,21-22H2,2-3H3/t25-/m0/s1. The molecule has 0 fully saturated rings. The zero-order valence-corrected chi connectivity index (χ0v) is 21.0. The predicted octanol–water partition coefficient (Wildman–Crippen LogP) is 8.69. The normalized spacial score (nSPS) is 11.8. The van der Waals surface area contributed by atoms with Gasteiger partial charge in [-0.05, 0) is 67.0 Å². The van der Waals surface area contributed by atoms with Gasteiger partial charge in [-0.1, -0.05) is 76.3 Å².